The van der Waals surface area contributed by atoms with E-state index in [1.807, 2.05) is 20.1 Å². The molecule has 0 aromatic heterocycles. The van der Waals surface area contributed by atoms with Crippen molar-refractivity contribution in [1.29, 1.82) is 0 Å². The maximum atomic E-state index is 4.24. The molecule has 0 atom stereocenters. The molecule has 0 bridgehead atoms. The molecule has 0 aromatic rings. The quantitative estimate of drug-likeness (QED) is 0.164. The van der Waals surface area contributed by atoms with Gasteiger partial charge in [-0.05, 0) is 0 Å². The summed E-state index contributed by atoms with van der Waals surface area (Å²) in [4.78, 5) is 8.44. The van der Waals surface area contributed by atoms with Crippen LogP contribution < -0.4 is 0 Å². The van der Waals surface area contributed by atoms with Crippen LogP contribution in [0.1, 0.15) is 73.1 Å². The molecule has 0 aliphatic heterocycles. The molecular formula is C18H37N2Sn. The number of rotatable bonds is 12. The van der Waals surface area contributed by atoms with Crippen LogP contribution in [-0.4, -0.2) is 38.9 Å². The van der Waals surface area contributed by atoms with Crippen LogP contribution in [0.2, 0.25) is 8.87 Å². The molecule has 0 aliphatic rings. The van der Waals surface area contributed by atoms with Gasteiger partial charge in [-0.1, -0.05) is 13.8 Å². The number of aliphatic imine (C=N–C) groups is 2. The van der Waals surface area contributed by atoms with Crippen molar-refractivity contribution in [2.24, 2.45) is 9.98 Å². The molecule has 0 spiro atoms. The van der Waals surface area contributed by atoms with Crippen molar-refractivity contribution in [3.05, 3.63) is 10.2 Å². The molecular weight excluding hydrogens is 363 g/mol. The van der Waals surface area contributed by atoms with E-state index in [4.69, 9.17) is 0 Å². The average molecular weight is 400 g/mol. The molecule has 21 heavy (non-hydrogen) atoms. The van der Waals surface area contributed by atoms with E-state index in [1.165, 1.54) is 41.0 Å². The summed E-state index contributed by atoms with van der Waals surface area (Å²) in [5.74, 6) is 0. The van der Waals surface area contributed by atoms with E-state index in [9.17, 15) is 0 Å². The van der Waals surface area contributed by atoms with Crippen LogP contribution >= 0.6 is 0 Å². The minimum atomic E-state index is -1.23. The second-order valence-corrected chi connectivity index (χ2v) is 12.5. The van der Waals surface area contributed by atoms with Gasteiger partial charge in [-0.25, -0.2) is 0 Å². The Morgan fingerprint density at radius 1 is 0.857 bits per heavy atom. The minimum absolute atomic E-state index is 0.908. The van der Waals surface area contributed by atoms with Gasteiger partial charge in [0.05, 0.1) is 0 Å². The van der Waals surface area contributed by atoms with E-state index >= 15 is 0 Å². The van der Waals surface area contributed by atoms with Crippen molar-refractivity contribution in [1.82, 2.24) is 0 Å². The Labute approximate surface area is 141 Å². The van der Waals surface area contributed by atoms with Crippen LogP contribution in [0, 0.1) is 0 Å². The number of nitrogens with zero attached hydrogens (tertiary/aromatic N) is 2. The van der Waals surface area contributed by atoms with Gasteiger partial charge in [0.2, 0.25) is 0 Å². The standard InChI is InChI=1S/C8H13N2.2C4H9.C2H6.Sn/c1-3-5-7-10-8-9-6-4-2;2*1-3-4-2;1-2;/h2,4,6,8H,3,5,7H2,1H3;2*1,3-4H2,2H3;1-2H3;. The van der Waals surface area contributed by atoms with Crippen molar-refractivity contribution in [2.45, 2.75) is 82.0 Å². The summed E-state index contributed by atoms with van der Waals surface area (Å²) < 4.78 is 5.53. The summed E-state index contributed by atoms with van der Waals surface area (Å²) >= 11 is -1.23. The van der Waals surface area contributed by atoms with E-state index in [-0.39, 0.29) is 0 Å². The first kappa shape index (κ1) is 23.1. The van der Waals surface area contributed by atoms with E-state index in [1.54, 1.807) is 6.34 Å². The summed E-state index contributed by atoms with van der Waals surface area (Å²) in [5.41, 5.74) is 0. The van der Waals surface area contributed by atoms with Crippen LogP contribution in [0.5, 0.6) is 0 Å². The molecule has 123 valence electrons. The van der Waals surface area contributed by atoms with Gasteiger partial charge >= 0.3 is 127 Å². The summed E-state index contributed by atoms with van der Waals surface area (Å²) in [6.07, 6.45) is 13.6. The molecule has 0 aromatic carbocycles. The Balaban J connectivity index is 0. The Hall–Kier alpha value is -0.121. The molecule has 0 aliphatic carbocycles. The molecule has 0 amide bonds. The van der Waals surface area contributed by atoms with Gasteiger partial charge in [0.25, 0.3) is 0 Å². The number of hydrogen-bond acceptors (Lipinski definition) is 1. The predicted octanol–water partition coefficient (Wildman–Crippen LogP) is 6.10. The SMILES string of the molecule is CC.CCCCN=CN=C/C=[CH]/[Sn]([CH2]CCC)[CH2]CCC. The third-order valence-corrected chi connectivity index (χ3v) is 10.6. The van der Waals surface area contributed by atoms with Crippen LogP contribution in [-0.2, 0) is 0 Å². The van der Waals surface area contributed by atoms with Crippen molar-refractivity contribution in [3.63, 3.8) is 0 Å². The van der Waals surface area contributed by atoms with E-state index < -0.39 is 19.8 Å². The summed E-state index contributed by atoms with van der Waals surface area (Å²) in [6, 6.07) is 0. The normalized spacial score (nSPS) is 11.7. The monoisotopic (exact) mass is 401 g/mol. The van der Waals surface area contributed by atoms with E-state index in [0.717, 1.165) is 13.0 Å². The number of unbranched alkanes of at least 4 members (excludes halogenated alkanes) is 3. The van der Waals surface area contributed by atoms with Gasteiger partial charge in [0, 0.05) is 0 Å². The van der Waals surface area contributed by atoms with Crippen LogP contribution in [0.4, 0.5) is 0 Å². The second kappa shape index (κ2) is 22.2. The summed E-state index contributed by atoms with van der Waals surface area (Å²) in [7, 11) is 0. The van der Waals surface area contributed by atoms with Crippen molar-refractivity contribution in [2.75, 3.05) is 6.54 Å². The third kappa shape index (κ3) is 19.9. The van der Waals surface area contributed by atoms with E-state index in [2.05, 4.69) is 40.9 Å². The fraction of sp³-hybridized carbons (Fsp3) is 0.778. The van der Waals surface area contributed by atoms with Crippen molar-refractivity contribution in [3.8, 4) is 0 Å². The fourth-order valence-corrected chi connectivity index (χ4v) is 9.02. The zero-order valence-corrected chi connectivity index (χ0v) is 17.9. The zero-order valence-electron chi connectivity index (χ0n) is 15.1. The Kier molecular flexibility index (Phi) is 24.4. The van der Waals surface area contributed by atoms with Gasteiger partial charge < -0.3 is 0 Å². The van der Waals surface area contributed by atoms with Gasteiger partial charge in [-0.2, -0.15) is 0 Å². The van der Waals surface area contributed by atoms with E-state index in [0.29, 0.717) is 0 Å². The molecule has 3 heteroatoms. The molecule has 0 rings (SSSR count). The molecule has 0 heterocycles. The molecule has 1 radical (unpaired) electrons. The molecule has 0 fully saturated rings. The molecule has 0 N–H and O–H groups in total. The number of allylic oxidation sites excluding steroid dienone is 1. The predicted molar refractivity (Wildman–Crippen MR) is 102 cm³/mol. The van der Waals surface area contributed by atoms with Gasteiger partial charge in [-0.15, -0.1) is 0 Å². The van der Waals surface area contributed by atoms with Gasteiger partial charge in [0.1, 0.15) is 0 Å². The van der Waals surface area contributed by atoms with Crippen molar-refractivity contribution >= 4 is 32.3 Å². The molecule has 2 nitrogen and oxygen atoms in total. The first-order chi connectivity index (χ1) is 10.3. The first-order valence-corrected chi connectivity index (χ1v) is 14.6. The molecule has 0 saturated heterocycles. The van der Waals surface area contributed by atoms with Crippen molar-refractivity contribution < 1.29 is 0 Å². The second-order valence-electron chi connectivity index (χ2n) is 4.90. The Morgan fingerprint density at radius 2 is 1.43 bits per heavy atom. The van der Waals surface area contributed by atoms with Gasteiger partial charge in [0.15, 0.2) is 0 Å². The molecule has 0 unspecified atom stereocenters. The molecule has 0 saturated carbocycles. The third-order valence-electron chi connectivity index (χ3n) is 3.00. The average Bonchev–Trinajstić information content (AvgIpc) is 2.53. The summed E-state index contributed by atoms with van der Waals surface area (Å²) in [5, 5.41) is 0. The van der Waals surface area contributed by atoms with Crippen LogP contribution in [0.3, 0.4) is 0 Å². The zero-order chi connectivity index (χ0) is 16.2. The first-order valence-electron chi connectivity index (χ1n) is 8.87. The van der Waals surface area contributed by atoms with Gasteiger partial charge in [-0.3, -0.25) is 0 Å². The Bertz CT molecular complexity index is 252. The fourth-order valence-electron chi connectivity index (χ4n) is 1.72. The topological polar surface area (TPSA) is 24.7 Å². The van der Waals surface area contributed by atoms with Crippen LogP contribution in [0.15, 0.2) is 20.2 Å². The Morgan fingerprint density at radius 3 is 1.95 bits per heavy atom. The summed E-state index contributed by atoms with van der Waals surface area (Å²) in [6.45, 7) is 11.7. The van der Waals surface area contributed by atoms with Crippen LogP contribution in [0.25, 0.3) is 0 Å². The number of hydrogen-bond donors (Lipinski definition) is 0. The maximum absolute atomic E-state index is 4.24.